The van der Waals surface area contributed by atoms with Crippen LogP contribution in [-0.4, -0.2) is 30.9 Å². The number of halogens is 2. The molecule has 0 aliphatic carbocycles. The van der Waals surface area contributed by atoms with Crippen molar-refractivity contribution in [3.05, 3.63) is 88.0 Å². The average Bonchev–Trinajstić information content (AvgIpc) is 3.13. The van der Waals surface area contributed by atoms with Crippen LogP contribution >= 0.6 is 38.9 Å². The van der Waals surface area contributed by atoms with Gasteiger partial charge in [0.1, 0.15) is 0 Å². The van der Waals surface area contributed by atoms with E-state index in [4.69, 9.17) is 25.8 Å². The van der Waals surface area contributed by atoms with Crippen molar-refractivity contribution in [2.75, 3.05) is 14.2 Å². The smallest absolute Gasteiger partial charge is 0.338 e. The highest BCUT2D eigenvalue weighted by molar-refractivity contribution is 9.10. The number of carbonyl (C=O) groups excluding carboxylic acids is 1. The number of thiazole rings is 1. The maximum Gasteiger partial charge on any atom is 0.338 e. The molecule has 4 rings (SSSR count). The first-order chi connectivity index (χ1) is 17.1. The van der Waals surface area contributed by atoms with Gasteiger partial charge in [-0.1, -0.05) is 51.0 Å². The molecular formula is C26H24BrClN2O5S. The van der Waals surface area contributed by atoms with Crippen molar-refractivity contribution in [1.82, 2.24) is 4.57 Å². The van der Waals surface area contributed by atoms with Gasteiger partial charge >= 0.3 is 5.97 Å². The molecule has 1 unspecified atom stereocenters. The zero-order valence-corrected chi connectivity index (χ0v) is 23.5. The van der Waals surface area contributed by atoms with Crippen LogP contribution in [0, 0.1) is 0 Å². The lowest BCUT2D eigenvalue weighted by Crippen LogP contribution is -2.40. The summed E-state index contributed by atoms with van der Waals surface area (Å²) in [6.45, 7) is 5.31. The van der Waals surface area contributed by atoms with Gasteiger partial charge in [0, 0.05) is 9.50 Å². The Balaban J connectivity index is 1.94. The Labute approximate surface area is 225 Å². The molecule has 1 aromatic heterocycles. The minimum atomic E-state index is -0.708. The highest BCUT2D eigenvalue weighted by Crippen LogP contribution is 2.34. The second-order valence-electron chi connectivity index (χ2n) is 8.32. The van der Waals surface area contributed by atoms with E-state index in [1.54, 1.807) is 77.5 Å². The van der Waals surface area contributed by atoms with Crippen molar-refractivity contribution >= 4 is 50.9 Å². The van der Waals surface area contributed by atoms with Crippen molar-refractivity contribution in [3.63, 3.8) is 0 Å². The Hall–Kier alpha value is -2.88. The average molecular weight is 592 g/mol. The van der Waals surface area contributed by atoms with E-state index in [9.17, 15) is 9.59 Å². The van der Waals surface area contributed by atoms with Gasteiger partial charge in [0.15, 0.2) is 16.3 Å². The van der Waals surface area contributed by atoms with Gasteiger partial charge in [-0.2, -0.15) is 0 Å². The minimum absolute atomic E-state index is 0.275. The number of esters is 1. The third kappa shape index (κ3) is 5.00. The number of fused-ring (bicyclic) bond motifs is 1. The van der Waals surface area contributed by atoms with Crippen LogP contribution in [0.25, 0.3) is 6.08 Å². The summed E-state index contributed by atoms with van der Waals surface area (Å²) in [7, 11) is 3.11. The van der Waals surface area contributed by atoms with E-state index in [-0.39, 0.29) is 11.7 Å². The number of ether oxygens (including phenoxy) is 3. The minimum Gasteiger partial charge on any atom is -0.493 e. The van der Waals surface area contributed by atoms with E-state index >= 15 is 0 Å². The number of rotatable bonds is 6. The second kappa shape index (κ2) is 10.6. The maximum atomic E-state index is 13.8. The Morgan fingerprint density at radius 2 is 1.81 bits per heavy atom. The monoisotopic (exact) mass is 590 g/mol. The van der Waals surface area contributed by atoms with Crippen LogP contribution in [0.3, 0.4) is 0 Å². The molecule has 0 saturated heterocycles. The lowest BCUT2D eigenvalue weighted by Gasteiger charge is -2.25. The lowest BCUT2D eigenvalue weighted by atomic mass is 9.96. The van der Waals surface area contributed by atoms with Gasteiger partial charge in [-0.3, -0.25) is 9.36 Å². The molecule has 10 heteroatoms. The van der Waals surface area contributed by atoms with Crippen LogP contribution in [0.15, 0.2) is 61.9 Å². The molecule has 0 amide bonds. The van der Waals surface area contributed by atoms with Crippen molar-refractivity contribution in [2.24, 2.45) is 4.99 Å². The van der Waals surface area contributed by atoms with E-state index in [1.165, 1.54) is 15.9 Å². The molecule has 2 heterocycles. The first kappa shape index (κ1) is 26.2. The molecule has 1 atom stereocenters. The number of carbonyl (C=O) groups is 1. The Kier molecular flexibility index (Phi) is 7.73. The van der Waals surface area contributed by atoms with Gasteiger partial charge in [-0.05, 0) is 62.2 Å². The zero-order chi connectivity index (χ0) is 26.1. The van der Waals surface area contributed by atoms with Gasteiger partial charge in [0.2, 0.25) is 0 Å². The van der Waals surface area contributed by atoms with Crippen LogP contribution in [0.5, 0.6) is 11.5 Å². The molecule has 1 aliphatic heterocycles. The first-order valence-electron chi connectivity index (χ1n) is 11.0. The number of hydrogen-bond acceptors (Lipinski definition) is 7. The van der Waals surface area contributed by atoms with Gasteiger partial charge in [0.25, 0.3) is 5.56 Å². The Morgan fingerprint density at radius 1 is 1.17 bits per heavy atom. The Bertz CT molecular complexity index is 1540. The van der Waals surface area contributed by atoms with Gasteiger partial charge in [-0.25, -0.2) is 9.79 Å². The van der Waals surface area contributed by atoms with E-state index in [0.717, 1.165) is 15.6 Å². The second-order valence-corrected chi connectivity index (χ2v) is 10.6. The number of aromatic nitrogens is 1. The summed E-state index contributed by atoms with van der Waals surface area (Å²) in [5.41, 5.74) is 2.00. The molecule has 0 radical (unpaired) electrons. The highest BCUT2D eigenvalue weighted by Gasteiger charge is 2.33. The summed E-state index contributed by atoms with van der Waals surface area (Å²) >= 11 is 10.9. The quantitative estimate of drug-likeness (QED) is 0.391. The van der Waals surface area contributed by atoms with Crippen molar-refractivity contribution < 1.29 is 19.0 Å². The fraction of sp³-hybridized carbons (Fsp3) is 0.269. The number of allylic oxidation sites excluding steroid dienone is 1. The van der Waals surface area contributed by atoms with Gasteiger partial charge < -0.3 is 14.2 Å². The highest BCUT2D eigenvalue weighted by atomic mass is 79.9. The number of benzene rings is 2. The molecule has 0 bridgehead atoms. The molecule has 0 N–H and O–H groups in total. The van der Waals surface area contributed by atoms with Gasteiger partial charge in [-0.15, -0.1) is 0 Å². The largest absolute Gasteiger partial charge is 0.493 e. The van der Waals surface area contributed by atoms with Crippen molar-refractivity contribution in [3.8, 4) is 11.5 Å². The molecule has 0 spiro atoms. The summed E-state index contributed by atoms with van der Waals surface area (Å²) in [5.74, 6) is 0.589. The number of methoxy groups -OCH3 is 2. The van der Waals surface area contributed by atoms with Crippen molar-refractivity contribution in [2.45, 2.75) is 32.9 Å². The first-order valence-corrected chi connectivity index (χ1v) is 13.0. The van der Waals surface area contributed by atoms with E-state index < -0.39 is 12.0 Å². The third-order valence-corrected chi connectivity index (χ3v) is 7.48. The molecule has 3 aromatic rings. The molecule has 188 valence electrons. The summed E-state index contributed by atoms with van der Waals surface area (Å²) < 4.78 is 19.0. The maximum absolute atomic E-state index is 13.8. The topological polar surface area (TPSA) is 79.1 Å². The fourth-order valence-corrected chi connectivity index (χ4v) is 5.54. The SMILES string of the molecule is COc1cc(Br)c(C=c2sc3n(c2=O)C(c2ccc(Cl)cc2)C(C(=O)OC(C)C)=C(C)N=3)cc1OC. The summed E-state index contributed by atoms with van der Waals surface area (Å²) in [6, 6.07) is 9.92. The predicted octanol–water partition coefficient (Wildman–Crippen LogP) is 4.62. The fourth-order valence-electron chi connectivity index (χ4n) is 3.94. The molecule has 1 aliphatic rings. The van der Waals surface area contributed by atoms with E-state index in [0.29, 0.717) is 37.1 Å². The number of nitrogens with zero attached hydrogens (tertiary/aromatic N) is 2. The van der Waals surface area contributed by atoms with Crippen molar-refractivity contribution in [1.29, 1.82) is 0 Å². The van der Waals surface area contributed by atoms with Crippen LogP contribution in [0.2, 0.25) is 5.02 Å². The van der Waals surface area contributed by atoms with Crippen LogP contribution in [0.1, 0.15) is 37.9 Å². The van der Waals surface area contributed by atoms with Crippen LogP contribution in [-0.2, 0) is 9.53 Å². The third-order valence-electron chi connectivity index (χ3n) is 5.56. The summed E-state index contributed by atoms with van der Waals surface area (Å²) in [6.07, 6.45) is 1.44. The van der Waals surface area contributed by atoms with Crippen LogP contribution < -0.4 is 24.4 Å². The zero-order valence-electron chi connectivity index (χ0n) is 20.3. The Morgan fingerprint density at radius 3 is 2.42 bits per heavy atom. The normalized spacial score (nSPS) is 15.6. The molecule has 36 heavy (non-hydrogen) atoms. The summed E-state index contributed by atoms with van der Waals surface area (Å²) in [4.78, 5) is 32.0. The number of hydrogen-bond donors (Lipinski definition) is 0. The van der Waals surface area contributed by atoms with Gasteiger partial charge in [0.05, 0.1) is 42.2 Å². The van der Waals surface area contributed by atoms with Crippen LogP contribution in [0.4, 0.5) is 0 Å². The molecule has 0 fully saturated rings. The standard InChI is InChI=1S/C26H24BrClN2O5S/c1-13(2)35-25(32)22-14(3)29-26-30(23(22)15-6-8-17(28)9-7-15)24(31)21(36-26)11-16-10-19(33-4)20(34-5)12-18(16)27/h6-13,23H,1-5H3. The lowest BCUT2D eigenvalue weighted by molar-refractivity contribution is -0.143. The molecule has 0 saturated carbocycles. The van der Waals surface area contributed by atoms with E-state index in [1.807, 2.05) is 0 Å². The molecule has 7 nitrogen and oxygen atoms in total. The molecular weight excluding hydrogens is 568 g/mol. The summed E-state index contributed by atoms with van der Waals surface area (Å²) in [5, 5.41) is 0.552. The predicted molar refractivity (Wildman–Crippen MR) is 144 cm³/mol. The van der Waals surface area contributed by atoms with E-state index in [2.05, 4.69) is 20.9 Å². The molecule has 2 aromatic carbocycles.